The lowest BCUT2D eigenvalue weighted by molar-refractivity contribution is -0.139. The Labute approximate surface area is 127 Å². The molecular weight excluding hydrogens is 292 g/mol. The van der Waals surface area contributed by atoms with Crippen LogP contribution in [0.5, 0.6) is 0 Å². The van der Waals surface area contributed by atoms with Crippen LogP contribution in [0.2, 0.25) is 5.02 Å². The Bertz CT molecular complexity index is 633. The third-order valence-electron chi connectivity index (χ3n) is 3.52. The van der Waals surface area contributed by atoms with Gasteiger partial charge < -0.3 is 9.52 Å². The molecule has 0 radical (unpaired) electrons. The molecule has 2 aromatic rings. The van der Waals surface area contributed by atoms with Gasteiger partial charge in [-0.3, -0.25) is 9.69 Å². The number of rotatable bonds is 5. The van der Waals surface area contributed by atoms with Crippen molar-refractivity contribution in [3.05, 3.63) is 41.2 Å². The molecule has 0 atom stereocenters. The van der Waals surface area contributed by atoms with Crippen LogP contribution in [0.4, 0.5) is 0 Å². The van der Waals surface area contributed by atoms with Crippen LogP contribution in [0.25, 0.3) is 11.5 Å². The quantitative estimate of drug-likeness (QED) is 0.920. The number of hydrogen-bond acceptors (Lipinski definition) is 4. The van der Waals surface area contributed by atoms with Crippen molar-refractivity contribution < 1.29 is 14.3 Å². The molecule has 0 bridgehead atoms. The van der Waals surface area contributed by atoms with Gasteiger partial charge in [0.1, 0.15) is 6.26 Å². The van der Waals surface area contributed by atoms with E-state index < -0.39 is 5.97 Å². The molecule has 2 heterocycles. The van der Waals surface area contributed by atoms with E-state index in [-0.39, 0.29) is 12.3 Å². The third kappa shape index (κ3) is 3.43. The highest BCUT2D eigenvalue weighted by atomic mass is 35.5. The molecule has 21 heavy (non-hydrogen) atoms. The van der Waals surface area contributed by atoms with E-state index in [1.807, 2.05) is 12.1 Å². The Balaban J connectivity index is 1.57. The van der Waals surface area contributed by atoms with Gasteiger partial charge in [-0.15, -0.1) is 0 Å². The van der Waals surface area contributed by atoms with E-state index in [9.17, 15) is 4.79 Å². The second-order valence-electron chi connectivity index (χ2n) is 5.31. The molecule has 110 valence electrons. The number of nitrogens with zero attached hydrogens (tertiary/aromatic N) is 2. The zero-order chi connectivity index (χ0) is 14.8. The van der Waals surface area contributed by atoms with Crippen molar-refractivity contribution in [2.24, 2.45) is 5.92 Å². The van der Waals surface area contributed by atoms with Gasteiger partial charge in [-0.2, -0.15) is 0 Å². The maximum atomic E-state index is 10.6. The van der Waals surface area contributed by atoms with Crippen LogP contribution in [0.3, 0.4) is 0 Å². The maximum Gasteiger partial charge on any atom is 0.303 e. The second kappa shape index (κ2) is 5.87. The third-order valence-corrected chi connectivity index (χ3v) is 3.78. The van der Waals surface area contributed by atoms with E-state index in [2.05, 4.69) is 9.88 Å². The number of carboxylic acid groups (broad SMARTS) is 1. The van der Waals surface area contributed by atoms with E-state index in [0.29, 0.717) is 17.5 Å². The Morgan fingerprint density at radius 1 is 1.38 bits per heavy atom. The van der Waals surface area contributed by atoms with Crippen molar-refractivity contribution in [2.45, 2.75) is 13.0 Å². The Hall–Kier alpha value is -1.85. The first-order valence-corrected chi connectivity index (χ1v) is 7.12. The molecule has 0 spiro atoms. The highest BCUT2D eigenvalue weighted by molar-refractivity contribution is 6.30. The summed E-state index contributed by atoms with van der Waals surface area (Å²) in [6.45, 7) is 2.29. The first kappa shape index (κ1) is 14.1. The Morgan fingerprint density at radius 3 is 2.76 bits per heavy atom. The first-order valence-electron chi connectivity index (χ1n) is 6.74. The number of benzene rings is 1. The van der Waals surface area contributed by atoms with Crippen LogP contribution in [0.15, 0.2) is 34.9 Å². The minimum Gasteiger partial charge on any atom is -0.481 e. The number of aliphatic carboxylic acids is 1. The predicted octanol–water partition coefficient (Wildman–Crippen LogP) is 2.90. The minimum atomic E-state index is -0.730. The highest BCUT2D eigenvalue weighted by Crippen LogP contribution is 2.24. The van der Waals surface area contributed by atoms with Gasteiger partial charge in [-0.05, 0) is 30.2 Å². The summed E-state index contributed by atoms with van der Waals surface area (Å²) in [7, 11) is 0. The standard InChI is InChI=1S/C15H15ClN2O3/c16-12-3-1-11(2-4-12)15-17-13(9-21-15)8-18-6-10(7-18)5-14(19)20/h1-4,9-10H,5-8H2,(H,19,20). The smallest absolute Gasteiger partial charge is 0.303 e. The lowest BCUT2D eigenvalue weighted by Crippen LogP contribution is -2.46. The normalized spacial score (nSPS) is 15.9. The molecule has 1 N–H and O–H groups in total. The Kier molecular flexibility index (Phi) is 3.94. The summed E-state index contributed by atoms with van der Waals surface area (Å²) in [5.74, 6) is 0.0977. The zero-order valence-corrected chi connectivity index (χ0v) is 12.1. The van der Waals surface area contributed by atoms with E-state index in [4.69, 9.17) is 21.1 Å². The van der Waals surface area contributed by atoms with Crippen molar-refractivity contribution in [1.29, 1.82) is 0 Å². The summed E-state index contributed by atoms with van der Waals surface area (Å²) >= 11 is 5.85. The minimum absolute atomic E-state index is 0.241. The average molecular weight is 307 g/mol. The summed E-state index contributed by atoms with van der Waals surface area (Å²) in [4.78, 5) is 17.2. The number of oxazole rings is 1. The van der Waals surface area contributed by atoms with E-state index in [1.54, 1.807) is 18.4 Å². The summed E-state index contributed by atoms with van der Waals surface area (Å²) in [6.07, 6.45) is 1.89. The molecule has 6 heteroatoms. The van der Waals surface area contributed by atoms with E-state index >= 15 is 0 Å². The first-order chi connectivity index (χ1) is 10.1. The number of carbonyl (C=O) groups is 1. The fourth-order valence-electron chi connectivity index (χ4n) is 2.52. The SMILES string of the molecule is O=C(O)CC1CN(Cc2coc(-c3ccc(Cl)cc3)n2)C1. The van der Waals surface area contributed by atoms with Crippen molar-refractivity contribution in [1.82, 2.24) is 9.88 Å². The monoisotopic (exact) mass is 306 g/mol. The summed E-state index contributed by atoms with van der Waals surface area (Å²) in [5, 5.41) is 9.39. The van der Waals surface area contributed by atoms with Gasteiger partial charge in [0, 0.05) is 30.2 Å². The van der Waals surface area contributed by atoms with Gasteiger partial charge in [0.2, 0.25) is 5.89 Å². The molecule has 0 aliphatic carbocycles. The molecule has 0 unspecified atom stereocenters. The molecule has 1 saturated heterocycles. The largest absolute Gasteiger partial charge is 0.481 e. The van der Waals surface area contributed by atoms with Gasteiger partial charge in [0.05, 0.1) is 12.1 Å². The fraction of sp³-hybridized carbons (Fsp3) is 0.333. The molecule has 1 aliphatic heterocycles. The van der Waals surface area contributed by atoms with Crippen molar-refractivity contribution >= 4 is 17.6 Å². The van der Waals surface area contributed by atoms with Crippen LogP contribution in [0, 0.1) is 5.92 Å². The molecule has 1 aromatic carbocycles. The van der Waals surface area contributed by atoms with Crippen LogP contribution in [0.1, 0.15) is 12.1 Å². The van der Waals surface area contributed by atoms with Gasteiger partial charge in [-0.25, -0.2) is 4.98 Å². The predicted molar refractivity (Wildman–Crippen MR) is 78.0 cm³/mol. The molecule has 1 fully saturated rings. The van der Waals surface area contributed by atoms with Crippen LogP contribution < -0.4 is 0 Å². The Morgan fingerprint density at radius 2 is 2.10 bits per heavy atom. The molecular formula is C15H15ClN2O3. The number of likely N-dealkylation sites (tertiary alicyclic amines) is 1. The maximum absolute atomic E-state index is 10.6. The summed E-state index contributed by atoms with van der Waals surface area (Å²) in [6, 6.07) is 7.33. The highest BCUT2D eigenvalue weighted by Gasteiger charge is 2.28. The molecule has 0 saturated carbocycles. The lowest BCUT2D eigenvalue weighted by Gasteiger charge is -2.37. The van der Waals surface area contributed by atoms with Crippen LogP contribution in [-0.2, 0) is 11.3 Å². The van der Waals surface area contributed by atoms with Crippen LogP contribution >= 0.6 is 11.6 Å². The molecule has 5 nitrogen and oxygen atoms in total. The fourth-order valence-corrected chi connectivity index (χ4v) is 2.64. The van der Waals surface area contributed by atoms with Crippen LogP contribution in [-0.4, -0.2) is 34.0 Å². The average Bonchev–Trinajstić information content (AvgIpc) is 2.85. The number of hydrogen-bond donors (Lipinski definition) is 1. The van der Waals surface area contributed by atoms with Crippen molar-refractivity contribution in [2.75, 3.05) is 13.1 Å². The van der Waals surface area contributed by atoms with Crippen molar-refractivity contribution in [3.63, 3.8) is 0 Å². The van der Waals surface area contributed by atoms with Gasteiger partial charge >= 0.3 is 5.97 Å². The summed E-state index contributed by atoms with van der Waals surface area (Å²) < 4.78 is 5.48. The van der Waals surface area contributed by atoms with Gasteiger partial charge in [-0.1, -0.05) is 11.6 Å². The number of halogens is 1. The molecule has 1 aliphatic rings. The topological polar surface area (TPSA) is 66.6 Å². The summed E-state index contributed by atoms with van der Waals surface area (Å²) in [5.41, 5.74) is 1.74. The second-order valence-corrected chi connectivity index (χ2v) is 5.75. The van der Waals surface area contributed by atoms with E-state index in [0.717, 1.165) is 24.3 Å². The molecule has 0 amide bonds. The number of aromatic nitrogens is 1. The lowest BCUT2D eigenvalue weighted by atomic mass is 9.96. The van der Waals surface area contributed by atoms with Gasteiger partial charge in [0.15, 0.2) is 0 Å². The van der Waals surface area contributed by atoms with Crippen molar-refractivity contribution in [3.8, 4) is 11.5 Å². The molecule has 3 rings (SSSR count). The van der Waals surface area contributed by atoms with Gasteiger partial charge in [0.25, 0.3) is 0 Å². The zero-order valence-electron chi connectivity index (χ0n) is 11.3. The number of carboxylic acids is 1. The molecule has 1 aromatic heterocycles. The van der Waals surface area contributed by atoms with E-state index in [1.165, 1.54) is 0 Å².